The fourth-order valence-electron chi connectivity index (χ4n) is 5.78. The van der Waals surface area contributed by atoms with Crippen LogP contribution < -0.4 is 5.32 Å². The van der Waals surface area contributed by atoms with E-state index in [1.807, 2.05) is 4.57 Å². The van der Waals surface area contributed by atoms with Crippen molar-refractivity contribution in [1.29, 1.82) is 0 Å². The molecule has 0 radical (unpaired) electrons. The van der Waals surface area contributed by atoms with E-state index >= 15 is 0 Å². The molecule has 0 aromatic carbocycles. The molecule has 4 heterocycles. The van der Waals surface area contributed by atoms with Crippen LogP contribution >= 0.6 is 0 Å². The Morgan fingerprint density at radius 2 is 1.77 bits per heavy atom. The molecule has 1 spiro atoms. The fraction of sp³-hybridized carbons (Fsp3) is 0.773. The van der Waals surface area contributed by atoms with Crippen LogP contribution in [0.3, 0.4) is 0 Å². The Morgan fingerprint density at radius 3 is 2.58 bits per heavy atom. The van der Waals surface area contributed by atoms with Crippen molar-refractivity contribution in [1.82, 2.24) is 19.5 Å². The predicted molar refractivity (Wildman–Crippen MR) is 112 cm³/mol. The van der Waals surface area contributed by atoms with Gasteiger partial charge in [-0.2, -0.15) is 0 Å². The van der Waals surface area contributed by atoms with Gasteiger partial charge in [0.05, 0.1) is 12.9 Å². The number of nitrogens with one attached hydrogen (secondary N) is 1. The summed E-state index contributed by atoms with van der Waals surface area (Å²) in [4.78, 5) is 13.6. The van der Waals surface area contributed by atoms with Gasteiger partial charge in [-0.1, -0.05) is 25.7 Å². The van der Waals surface area contributed by atoms with E-state index < -0.39 is 18.1 Å². The number of nitrogens with zero attached hydrogens (tertiary/aromatic N) is 4. The van der Waals surface area contributed by atoms with Crippen LogP contribution in [0.15, 0.2) is 12.7 Å². The summed E-state index contributed by atoms with van der Waals surface area (Å²) in [6.07, 6.45) is 13.2. The van der Waals surface area contributed by atoms with Crippen LogP contribution in [0.4, 0.5) is 5.82 Å². The van der Waals surface area contributed by atoms with Crippen molar-refractivity contribution in [3.8, 4) is 0 Å². The molecule has 31 heavy (non-hydrogen) atoms. The molecule has 1 unspecified atom stereocenters. The van der Waals surface area contributed by atoms with Crippen molar-refractivity contribution in [3.05, 3.63) is 12.7 Å². The first-order valence-corrected chi connectivity index (χ1v) is 11.8. The number of aliphatic hydroxyl groups excluding tert-OH is 1. The lowest BCUT2D eigenvalue weighted by atomic mass is 9.94. The van der Waals surface area contributed by atoms with Crippen molar-refractivity contribution in [3.63, 3.8) is 0 Å². The molecule has 6 rings (SSSR count). The van der Waals surface area contributed by atoms with Gasteiger partial charge >= 0.3 is 0 Å². The maximum absolute atomic E-state index is 9.93. The molecular weight excluding hydrogens is 398 g/mol. The monoisotopic (exact) mass is 429 g/mol. The van der Waals surface area contributed by atoms with Gasteiger partial charge in [0, 0.05) is 18.9 Å². The summed E-state index contributed by atoms with van der Waals surface area (Å²) in [6.45, 7) is -0.104. The second kappa shape index (κ2) is 7.95. The lowest BCUT2D eigenvalue weighted by Crippen LogP contribution is -2.37. The Hall–Kier alpha value is -1.81. The zero-order valence-electron chi connectivity index (χ0n) is 17.8. The largest absolute Gasteiger partial charge is 0.394 e. The first kappa shape index (κ1) is 19.8. The van der Waals surface area contributed by atoms with Gasteiger partial charge in [0.25, 0.3) is 0 Å². The Labute approximate surface area is 181 Å². The van der Waals surface area contributed by atoms with E-state index in [9.17, 15) is 5.11 Å². The fourth-order valence-corrected chi connectivity index (χ4v) is 5.78. The summed E-state index contributed by atoms with van der Waals surface area (Å²) < 4.78 is 21.0. The van der Waals surface area contributed by atoms with E-state index in [1.165, 1.54) is 25.7 Å². The lowest BCUT2D eigenvalue weighted by Gasteiger charge is -2.34. The van der Waals surface area contributed by atoms with Crippen LogP contribution in [0.5, 0.6) is 0 Å². The van der Waals surface area contributed by atoms with Gasteiger partial charge in [-0.3, -0.25) is 4.57 Å². The summed E-state index contributed by atoms with van der Waals surface area (Å²) in [5.74, 6) is 0.235. The summed E-state index contributed by atoms with van der Waals surface area (Å²) in [5, 5.41) is 13.5. The quantitative estimate of drug-likeness (QED) is 0.765. The third-order valence-electron chi connectivity index (χ3n) is 7.36. The van der Waals surface area contributed by atoms with Crippen LogP contribution in [0.25, 0.3) is 11.2 Å². The molecular formula is C22H31N5O4. The molecule has 0 bridgehead atoms. The minimum Gasteiger partial charge on any atom is -0.394 e. The Morgan fingerprint density at radius 1 is 1.00 bits per heavy atom. The first-order chi connectivity index (χ1) is 15.3. The second-order valence-electron chi connectivity index (χ2n) is 9.41. The molecule has 2 aliphatic carbocycles. The van der Waals surface area contributed by atoms with Gasteiger partial charge in [0.2, 0.25) is 0 Å². The van der Waals surface area contributed by atoms with E-state index in [4.69, 9.17) is 14.2 Å². The van der Waals surface area contributed by atoms with E-state index in [0.29, 0.717) is 11.7 Å². The molecule has 2 saturated heterocycles. The first-order valence-electron chi connectivity index (χ1n) is 11.8. The highest BCUT2D eigenvalue weighted by molar-refractivity contribution is 5.82. The molecule has 2 aromatic heterocycles. The third kappa shape index (κ3) is 3.42. The Kier molecular flexibility index (Phi) is 5.09. The molecule has 2 N–H and O–H groups in total. The van der Waals surface area contributed by atoms with Crippen LogP contribution in [-0.4, -0.2) is 61.4 Å². The van der Waals surface area contributed by atoms with Crippen LogP contribution in [0.2, 0.25) is 0 Å². The van der Waals surface area contributed by atoms with Gasteiger partial charge in [0.15, 0.2) is 29.0 Å². The number of hydrogen-bond acceptors (Lipinski definition) is 8. The van der Waals surface area contributed by atoms with E-state index in [0.717, 1.165) is 49.9 Å². The number of rotatable bonds is 4. The Bertz CT molecular complexity index is 924. The highest BCUT2D eigenvalue weighted by Crippen LogP contribution is 2.48. The molecule has 4 aliphatic rings. The van der Waals surface area contributed by atoms with Gasteiger partial charge < -0.3 is 24.6 Å². The molecule has 0 amide bonds. The van der Waals surface area contributed by atoms with Crippen LogP contribution in [0.1, 0.15) is 70.4 Å². The van der Waals surface area contributed by atoms with Crippen molar-refractivity contribution >= 4 is 17.0 Å². The maximum atomic E-state index is 9.93. The van der Waals surface area contributed by atoms with Crippen molar-refractivity contribution in [2.45, 2.75) is 101 Å². The van der Waals surface area contributed by atoms with Crippen LogP contribution in [-0.2, 0) is 14.2 Å². The second-order valence-corrected chi connectivity index (χ2v) is 9.41. The minimum atomic E-state index is -0.540. The molecule has 4 atom stereocenters. The maximum Gasteiger partial charge on any atom is 0.169 e. The molecule has 9 nitrogen and oxygen atoms in total. The lowest BCUT2D eigenvalue weighted by molar-refractivity contribution is -0.232. The van der Waals surface area contributed by atoms with Gasteiger partial charge in [-0.05, 0) is 25.7 Å². The van der Waals surface area contributed by atoms with Gasteiger partial charge in [-0.15, -0.1) is 0 Å². The van der Waals surface area contributed by atoms with Crippen LogP contribution in [0, 0.1) is 0 Å². The summed E-state index contributed by atoms with van der Waals surface area (Å²) >= 11 is 0. The predicted octanol–water partition coefficient (Wildman–Crippen LogP) is 2.91. The normalized spacial score (nSPS) is 33.2. The highest BCUT2D eigenvalue weighted by Gasteiger charge is 2.58. The molecule has 2 aliphatic heterocycles. The van der Waals surface area contributed by atoms with E-state index in [-0.39, 0.29) is 18.8 Å². The summed E-state index contributed by atoms with van der Waals surface area (Å²) in [7, 11) is 0. The SMILES string of the molecule is OC[C@H]1O[C@@H](n2cnc3c(NC4CCCCC4)ncnc32)[C@H]2OC3(CCCCC3)OC12. The zero-order valence-corrected chi connectivity index (χ0v) is 17.8. The zero-order chi connectivity index (χ0) is 20.8. The number of imidazole rings is 1. The smallest absolute Gasteiger partial charge is 0.169 e. The number of fused-ring (bicyclic) bond motifs is 2. The minimum absolute atomic E-state index is 0.104. The van der Waals surface area contributed by atoms with Gasteiger partial charge in [-0.25, -0.2) is 15.0 Å². The van der Waals surface area contributed by atoms with Crippen molar-refractivity contribution in [2.75, 3.05) is 11.9 Å². The molecule has 2 aromatic rings. The van der Waals surface area contributed by atoms with Crippen molar-refractivity contribution < 1.29 is 19.3 Å². The molecule has 2 saturated carbocycles. The topological polar surface area (TPSA) is 104 Å². The molecule has 9 heteroatoms. The van der Waals surface area contributed by atoms with Gasteiger partial charge in [0.1, 0.15) is 24.6 Å². The average molecular weight is 430 g/mol. The standard InChI is InChI=1S/C22H31N5O4/c28-11-15-17-18(31-22(30-17)9-5-2-6-10-22)21(29-15)27-13-25-16-19(23-12-24-20(16)27)26-14-7-3-1-4-8-14/h12-15,17-18,21,28H,1-11H2,(H,23,24,26)/t15-,17?,18+,21-/m1/s1. The number of aliphatic hydroxyl groups is 1. The van der Waals surface area contributed by atoms with Crippen molar-refractivity contribution in [2.24, 2.45) is 0 Å². The highest BCUT2D eigenvalue weighted by atomic mass is 16.8. The molecule has 168 valence electrons. The number of hydrogen-bond donors (Lipinski definition) is 2. The number of aromatic nitrogens is 4. The number of ether oxygens (including phenoxy) is 3. The van der Waals surface area contributed by atoms with E-state index in [1.54, 1.807) is 12.7 Å². The summed E-state index contributed by atoms with van der Waals surface area (Å²) in [5.41, 5.74) is 1.45. The average Bonchev–Trinajstić information content (AvgIpc) is 3.47. The summed E-state index contributed by atoms with van der Waals surface area (Å²) in [6, 6.07) is 0.431. The number of anilines is 1. The van der Waals surface area contributed by atoms with E-state index in [2.05, 4.69) is 20.3 Å². The molecule has 4 fully saturated rings. The third-order valence-corrected chi connectivity index (χ3v) is 7.36. The Balaban J connectivity index is 1.30.